The van der Waals surface area contributed by atoms with E-state index >= 15 is 0 Å². The molecule has 0 saturated heterocycles. The van der Waals surface area contributed by atoms with Crippen molar-refractivity contribution < 1.29 is 9.84 Å². The van der Waals surface area contributed by atoms with Crippen LogP contribution in [0.5, 0.6) is 11.5 Å². The molecule has 0 fully saturated rings. The van der Waals surface area contributed by atoms with Crippen LogP contribution >= 0.6 is 11.6 Å². The fourth-order valence-electron chi connectivity index (χ4n) is 2.18. The van der Waals surface area contributed by atoms with E-state index in [1.807, 2.05) is 38.2 Å². The molecule has 1 N–H and O–H groups in total. The van der Waals surface area contributed by atoms with Gasteiger partial charge in [-0.25, -0.2) is 0 Å². The van der Waals surface area contributed by atoms with Crippen LogP contribution in [0.4, 0.5) is 0 Å². The third kappa shape index (κ3) is 4.66. The van der Waals surface area contributed by atoms with Crippen molar-refractivity contribution in [1.29, 1.82) is 0 Å². The minimum absolute atomic E-state index is 0.0128. The molecule has 0 bridgehead atoms. The smallest absolute Gasteiger partial charge is 0.120 e. The van der Waals surface area contributed by atoms with Crippen LogP contribution in [0.15, 0.2) is 42.5 Å². The molecule has 0 amide bonds. The zero-order chi connectivity index (χ0) is 16.8. The topological polar surface area (TPSA) is 32.7 Å². The van der Waals surface area contributed by atoms with E-state index in [0.29, 0.717) is 11.6 Å². The molecule has 3 nitrogen and oxygen atoms in total. The number of nitrogens with zero attached hydrogens (tertiary/aromatic N) is 1. The summed E-state index contributed by atoms with van der Waals surface area (Å²) < 4.78 is 5.12. The Hall–Kier alpha value is -2.15. The van der Waals surface area contributed by atoms with Gasteiger partial charge >= 0.3 is 0 Å². The van der Waals surface area contributed by atoms with Crippen molar-refractivity contribution >= 4 is 11.6 Å². The lowest BCUT2D eigenvalue weighted by atomic mass is 10.1. The van der Waals surface area contributed by atoms with Gasteiger partial charge in [0.15, 0.2) is 0 Å². The third-order valence-electron chi connectivity index (χ3n) is 3.75. The molecule has 0 aliphatic rings. The first-order chi connectivity index (χ1) is 11.0. The molecule has 2 aromatic rings. The highest BCUT2D eigenvalue weighted by atomic mass is 35.5. The first-order valence-corrected chi connectivity index (χ1v) is 7.70. The van der Waals surface area contributed by atoms with E-state index in [1.54, 1.807) is 25.3 Å². The Balaban J connectivity index is 2.02. The molecule has 4 heteroatoms. The number of benzene rings is 2. The van der Waals surface area contributed by atoms with Gasteiger partial charge in [0.25, 0.3) is 0 Å². The SMILES string of the molecule is COc1ccc(C#CCN(C)C(C)c2cc(Cl)ccc2O)cc1. The Morgan fingerprint density at radius 3 is 2.57 bits per heavy atom. The van der Waals surface area contributed by atoms with Crippen LogP contribution in [-0.2, 0) is 0 Å². The molecule has 0 spiro atoms. The highest BCUT2D eigenvalue weighted by Gasteiger charge is 2.14. The maximum atomic E-state index is 9.97. The van der Waals surface area contributed by atoms with Crippen molar-refractivity contribution in [2.75, 3.05) is 20.7 Å². The van der Waals surface area contributed by atoms with Crippen LogP contribution < -0.4 is 4.74 Å². The molecule has 23 heavy (non-hydrogen) atoms. The van der Waals surface area contributed by atoms with E-state index in [4.69, 9.17) is 16.3 Å². The minimum Gasteiger partial charge on any atom is -0.508 e. The number of hydrogen-bond acceptors (Lipinski definition) is 3. The highest BCUT2D eigenvalue weighted by molar-refractivity contribution is 6.30. The number of rotatable bonds is 4. The van der Waals surface area contributed by atoms with Gasteiger partial charge in [-0.15, -0.1) is 0 Å². The number of phenols is 1. The van der Waals surface area contributed by atoms with Gasteiger partial charge in [0.05, 0.1) is 13.7 Å². The van der Waals surface area contributed by atoms with Gasteiger partial charge in [0.2, 0.25) is 0 Å². The van der Waals surface area contributed by atoms with Gasteiger partial charge in [0, 0.05) is 22.2 Å². The van der Waals surface area contributed by atoms with E-state index in [1.165, 1.54) is 0 Å². The second-order valence-corrected chi connectivity index (χ2v) is 5.76. The van der Waals surface area contributed by atoms with Gasteiger partial charge in [0.1, 0.15) is 11.5 Å². The summed E-state index contributed by atoms with van der Waals surface area (Å²) in [5, 5.41) is 10.6. The van der Waals surface area contributed by atoms with Crippen LogP contribution in [-0.4, -0.2) is 30.7 Å². The normalized spacial score (nSPS) is 11.7. The monoisotopic (exact) mass is 329 g/mol. The quantitative estimate of drug-likeness (QED) is 0.857. The molecule has 2 rings (SSSR count). The molecule has 0 heterocycles. The largest absolute Gasteiger partial charge is 0.508 e. The zero-order valence-corrected chi connectivity index (χ0v) is 14.3. The second kappa shape index (κ2) is 7.92. The summed E-state index contributed by atoms with van der Waals surface area (Å²) in [5.74, 6) is 7.33. The molecule has 1 unspecified atom stereocenters. The number of ether oxygens (including phenoxy) is 1. The van der Waals surface area contributed by atoms with Crippen molar-refractivity contribution in [2.45, 2.75) is 13.0 Å². The second-order valence-electron chi connectivity index (χ2n) is 5.32. The van der Waals surface area contributed by atoms with Crippen molar-refractivity contribution in [3.8, 4) is 23.3 Å². The molecule has 0 aromatic heterocycles. The zero-order valence-electron chi connectivity index (χ0n) is 13.5. The summed E-state index contributed by atoms with van der Waals surface area (Å²) in [7, 11) is 3.61. The number of halogens is 1. The van der Waals surface area contributed by atoms with Crippen LogP contribution in [0.2, 0.25) is 5.02 Å². The van der Waals surface area contributed by atoms with Gasteiger partial charge in [-0.3, -0.25) is 4.90 Å². The lowest BCUT2D eigenvalue weighted by Gasteiger charge is -2.23. The lowest BCUT2D eigenvalue weighted by molar-refractivity contribution is 0.287. The Morgan fingerprint density at radius 2 is 1.91 bits per heavy atom. The van der Waals surface area contributed by atoms with Crippen molar-refractivity contribution in [2.24, 2.45) is 0 Å². The maximum Gasteiger partial charge on any atom is 0.120 e. The van der Waals surface area contributed by atoms with Crippen LogP contribution in [0, 0.1) is 11.8 Å². The molecule has 0 radical (unpaired) electrons. The molecule has 0 saturated carbocycles. The van der Waals surface area contributed by atoms with E-state index < -0.39 is 0 Å². The average molecular weight is 330 g/mol. The first-order valence-electron chi connectivity index (χ1n) is 7.33. The number of aromatic hydroxyl groups is 1. The number of hydrogen-bond donors (Lipinski definition) is 1. The molecule has 0 aliphatic carbocycles. The summed E-state index contributed by atoms with van der Waals surface area (Å²) in [6.45, 7) is 2.60. The Morgan fingerprint density at radius 1 is 1.22 bits per heavy atom. The van der Waals surface area contributed by atoms with Crippen molar-refractivity contribution in [1.82, 2.24) is 4.90 Å². The Labute approximate surface area is 142 Å². The fraction of sp³-hybridized carbons (Fsp3) is 0.263. The Kier molecular flexibility index (Phi) is 5.92. The number of phenolic OH excluding ortho intramolecular Hbond substituents is 1. The molecule has 120 valence electrons. The predicted octanol–water partition coefficient (Wildman–Crippen LogP) is 4.10. The molecular weight excluding hydrogens is 310 g/mol. The van der Waals surface area contributed by atoms with Gasteiger partial charge in [-0.05, 0) is 56.4 Å². The Bertz CT molecular complexity index is 716. The van der Waals surface area contributed by atoms with Gasteiger partial charge < -0.3 is 9.84 Å². The first kappa shape index (κ1) is 17.2. The summed E-state index contributed by atoms with van der Waals surface area (Å²) >= 11 is 6.01. The lowest BCUT2D eigenvalue weighted by Crippen LogP contribution is -2.22. The van der Waals surface area contributed by atoms with Crippen molar-refractivity contribution in [3.05, 3.63) is 58.6 Å². The van der Waals surface area contributed by atoms with Gasteiger partial charge in [-0.1, -0.05) is 23.4 Å². The van der Waals surface area contributed by atoms with E-state index in [2.05, 4.69) is 16.7 Å². The maximum absolute atomic E-state index is 9.97. The summed E-state index contributed by atoms with van der Waals surface area (Å²) in [6, 6.07) is 12.7. The highest BCUT2D eigenvalue weighted by Crippen LogP contribution is 2.29. The third-order valence-corrected chi connectivity index (χ3v) is 3.99. The predicted molar refractivity (Wildman–Crippen MR) is 94.0 cm³/mol. The summed E-state index contributed by atoms with van der Waals surface area (Å²) in [5.41, 5.74) is 1.74. The van der Waals surface area contributed by atoms with Crippen molar-refractivity contribution in [3.63, 3.8) is 0 Å². The number of methoxy groups -OCH3 is 1. The molecular formula is C19H20ClNO2. The molecule has 0 aliphatic heterocycles. The van der Waals surface area contributed by atoms with Gasteiger partial charge in [-0.2, -0.15) is 0 Å². The van der Waals surface area contributed by atoms with Crippen LogP contribution in [0.1, 0.15) is 24.1 Å². The van der Waals surface area contributed by atoms with E-state index in [9.17, 15) is 5.11 Å². The average Bonchev–Trinajstić information content (AvgIpc) is 2.57. The molecule has 1 atom stereocenters. The van der Waals surface area contributed by atoms with Crippen LogP contribution in [0.3, 0.4) is 0 Å². The minimum atomic E-state index is 0.0128. The van der Waals surface area contributed by atoms with E-state index in [0.717, 1.165) is 16.9 Å². The summed E-state index contributed by atoms with van der Waals surface area (Å²) in [6.07, 6.45) is 0. The van der Waals surface area contributed by atoms with Crippen LogP contribution in [0.25, 0.3) is 0 Å². The fourth-order valence-corrected chi connectivity index (χ4v) is 2.36. The summed E-state index contributed by atoms with van der Waals surface area (Å²) in [4.78, 5) is 2.06. The molecule has 2 aromatic carbocycles. The standard InChI is InChI=1S/C19H20ClNO2/c1-14(18-13-16(20)8-11-19(18)22)21(2)12-4-5-15-6-9-17(23-3)10-7-15/h6-11,13-14,22H,12H2,1-3H3. The van der Waals surface area contributed by atoms with E-state index in [-0.39, 0.29) is 11.8 Å².